The van der Waals surface area contributed by atoms with Crippen molar-refractivity contribution in [3.8, 4) is 0 Å². The molecule has 2 fully saturated rings. The van der Waals surface area contributed by atoms with Gasteiger partial charge in [-0.15, -0.1) is 0 Å². The summed E-state index contributed by atoms with van der Waals surface area (Å²) in [6, 6.07) is -0.844. The van der Waals surface area contributed by atoms with E-state index in [2.05, 4.69) is 18.7 Å². The first-order chi connectivity index (χ1) is 18.0. The molecule has 0 bridgehead atoms. The number of nitrogens with zero attached hydrogens (tertiary/aromatic N) is 1. The molecule has 3 heterocycles. The Balaban J connectivity index is 0.00000560. The summed E-state index contributed by atoms with van der Waals surface area (Å²) in [4.78, 5) is 60.9. The van der Waals surface area contributed by atoms with Crippen molar-refractivity contribution in [3.05, 3.63) is 33.1 Å². The predicted octanol–water partition coefficient (Wildman–Crippen LogP) is -5.92. The van der Waals surface area contributed by atoms with Gasteiger partial charge in [0.25, 0.3) is 21.2 Å². The maximum atomic E-state index is 12.3. The van der Waals surface area contributed by atoms with E-state index in [4.69, 9.17) is 9.47 Å². The number of rotatable bonds is 10. The third-order valence-electron chi connectivity index (χ3n) is 5.54. The topological polar surface area (TPSA) is 312 Å². The molecule has 7 unspecified atom stereocenters. The molecule has 7 N–H and O–H groups in total. The molecule has 227 valence electrons. The van der Waals surface area contributed by atoms with Gasteiger partial charge in [0.1, 0.15) is 42.7 Å². The van der Waals surface area contributed by atoms with E-state index in [1.807, 2.05) is 4.98 Å². The molecule has 3 rings (SSSR count). The summed E-state index contributed by atoms with van der Waals surface area (Å²) in [5.74, 6) is -0.829. The van der Waals surface area contributed by atoms with Crippen LogP contribution in [0.25, 0.3) is 0 Å². The summed E-state index contributed by atoms with van der Waals surface area (Å²) in [6.07, 6.45) is -13.4. The van der Waals surface area contributed by atoms with Crippen molar-refractivity contribution < 1.29 is 89.1 Å². The smallest absolute Gasteiger partial charge is 0.756 e. The number of phosphoric acid groups is 2. The zero-order chi connectivity index (χ0) is 29.3. The number of hydrogen-bond acceptors (Lipinski definition) is 17. The van der Waals surface area contributed by atoms with Crippen LogP contribution in [0.2, 0.25) is 0 Å². The third-order valence-corrected chi connectivity index (χ3v) is 8.07. The van der Waals surface area contributed by atoms with Gasteiger partial charge in [-0.2, -0.15) is 0 Å². The quantitative estimate of drug-likeness (QED) is 0.0907. The second kappa shape index (κ2) is 13.7. The molecule has 1 radical (unpaired) electrons. The molecule has 0 saturated carbocycles. The number of H-pyrrole nitrogens is 1. The molecule has 0 aliphatic carbocycles. The molecule has 11 atom stereocenters. The summed E-state index contributed by atoms with van der Waals surface area (Å²) in [7, 11) is -11.8. The van der Waals surface area contributed by atoms with Gasteiger partial charge in [0.05, 0.1) is 13.2 Å². The average Bonchev–Trinajstić information content (AvgIpc) is 3.10. The molecule has 40 heavy (non-hydrogen) atoms. The van der Waals surface area contributed by atoms with E-state index in [0.717, 1.165) is 19.2 Å². The summed E-state index contributed by atoms with van der Waals surface area (Å²) in [6.45, 7) is -1.09. The summed E-state index contributed by atoms with van der Waals surface area (Å²) in [5.41, 5.74) is -1.79. The van der Waals surface area contributed by atoms with Crippen LogP contribution in [0.1, 0.15) is 13.2 Å². The molecular weight excluding hydrogens is 635 g/mol. The first-order valence-corrected chi connectivity index (χ1v) is 13.9. The van der Waals surface area contributed by atoms with E-state index in [9.17, 15) is 58.8 Å². The van der Waals surface area contributed by atoms with Gasteiger partial charge in [-0.1, -0.05) is 0 Å². The third kappa shape index (κ3) is 8.36. The van der Waals surface area contributed by atoms with Crippen molar-refractivity contribution in [1.82, 2.24) is 14.9 Å². The van der Waals surface area contributed by atoms with Crippen molar-refractivity contribution >= 4 is 21.6 Å². The number of aliphatic hydroxyl groups is 5. The molecule has 1 amide bonds. The molecule has 2 saturated heterocycles. The van der Waals surface area contributed by atoms with E-state index in [1.54, 1.807) is 0 Å². The van der Waals surface area contributed by atoms with Crippen molar-refractivity contribution in [2.45, 2.75) is 62.1 Å². The molecule has 0 spiro atoms. The molecule has 20 nitrogen and oxygen atoms in total. The first kappa shape index (κ1) is 34.8. The molecule has 2 aliphatic heterocycles. The van der Waals surface area contributed by atoms with Crippen molar-refractivity contribution in [3.63, 3.8) is 0 Å². The number of carbonyl (C=O) groups is 1. The first-order valence-electron chi connectivity index (χ1n) is 10.9. The minimum Gasteiger partial charge on any atom is -0.756 e. The Kier molecular flexibility index (Phi) is 12.0. The standard InChI is InChI=1S/C17H27N3O17P2.Mn/c1-6(22)18-10-13(26)11(24)7(4-21)35-16(10)36-39(31,32)37-38(29,30)33-5-8-12(25)14(27)15(34-8)20-3-2-9(23)19-17(20)28;/h2-3,7-8,10-16,21,24-27H,4-5H2,1H3,(H,18,22)(H,29,30)(H,31,32)(H,19,23,28);/q;+2/p-2/t7?,8-,10?,11-,12?,13?,14?,15-,16-;/m1./s1. The largest absolute Gasteiger partial charge is 2.00 e. The van der Waals surface area contributed by atoms with E-state index < -0.39 is 101 Å². The Morgan fingerprint density at radius 1 is 1.07 bits per heavy atom. The van der Waals surface area contributed by atoms with Gasteiger partial charge >= 0.3 is 22.8 Å². The van der Waals surface area contributed by atoms with Crippen LogP contribution in [0.5, 0.6) is 0 Å². The summed E-state index contributed by atoms with van der Waals surface area (Å²) >= 11 is 0. The van der Waals surface area contributed by atoms with Crippen molar-refractivity contribution in [2.75, 3.05) is 13.2 Å². The Morgan fingerprint density at radius 3 is 2.27 bits per heavy atom. The SMILES string of the molecule is CC(=O)NC1C(O)[C@H](O)C(CO)O[C@@H]1OP(=O)([O-])OP(=O)([O-])OC[C@H]1O[C@@H](n2ccc(=O)[nH]c2=O)C(O)C1O.[Mn+2]. The fraction of sp³-hybridized carbons (Fsp3) is 0.706. The Bertz CT molecular complexity index is 1250. The van der Waals surface area contributed by atoms with Crippen LogP contribution in [-0.2, 0) is 53.8 Å². The number of nitrogens with one attached hydrogen (secondary N) is 2. The monoisotopic (exact) mass is 660 g/mol. The fourth-order valence-corrected chi connectivity index (χ4v) is 5.83. The van der Waals surface area contributed by atoms with Gasteiger partial charge in [0, 0.05) is 19.2 Å². The van der Waals surface area contributed by atoms with E-state index >= 15 is 0 Å². The number of aliphatic hydroxyl groups excluding tert-OH is 5. The van der Waals surface area contributed by atoms with Crippen LogP contribution in [-0.4, -0.2) is 103 Å². The van der Waals surface area contributed by atoms with Crippen molar-refractivity contribution in [2.24, 2.45) is 0 Å². The average molecular weight is 660 g/mol. The molecule has 23 heteroatoms. The van der Waals surface area contributed by atoms with Gasteiger partial charge in [-0.3, -0.25) is 32.8 Å². The molecule has 2 aliphatic rings. The Morgan fingerprint density at radius 2 is 1.70 bits per heavy atom. The molecular formula is C17H25MnN3O17P2. The number of ether oxygens (including phenoxy) is 2. The second-order valence-corrected chi connectivity index (χ2v) is 11.3. The number of aromatic amines is 1. The Labute approximate surface area is 234 Å². The number of aromatic nitrogens is 2. The zero-order valence-corrected chi connectivity index (χ0v) is 23.1. The Hall–Kier alpha value is -1.35. The van der Waals surface area contributed by atoms with Gasteiger partial charge in [-0.25, -0.2) is 9.11 Å². The van der Waals surface area contributed by atoms with Gasteiger partial charge < -0.3 is 54.6 Å². The maximum absolute atomic E-state index is 12.3. The number of amides is 1. The number of hydrogen-bond donors (Lipinski definition) is 7. The van der Waals surface area contributed by atoms with Crippen LogP contribution in [0.3, 0.4) is 0 Å². The maximum Gasteiger partial charge on any atom is 2.00 e. The summed E-state index contributed by atoms with van der Waals surface area (Å²) in [5, 5.41) is 51.7. The minimum absolute atomic E-state index is 0. The van der Waals surface area contributed by atoms with Crippen LogP contribution in [0, 0.1) is 0 Å². The molecule has 1 aromatic heterocycles. The van der Waals surface area contributed by atoms with Crippen LogP contribution >= 0.6 is 15.6 Å². The zero-order valence-electron chi connectivity index (χ0n) is 20.1. The van der Waals surface area contributed by atoms with Crippen molar-refractivity contribution in [1.29, 1.82) is 0 Å². The fourth-order valence-electron chi connectivity index (χ4n) is 3.74. The molecule has 0 aromatic carbocycles. The minimum atomic E-state index is -5.94. The van der Waals surface area contributed by atoms with E-state index in [1.165, 1.54) is 0 Å². The second-order valence-electron chi connectivity index (χ2n) is 8.37. The van der Waals surface area contributed by atoms with Gasteiger partial charge in [0.15, 0.2) is 12.5 Å². The van der Waals surface area contributed by atoms with Crippen LogP contribution in [0.4, 0.5) is 0 Å². The molecule has 1 aromatic rings. The van der Waals surface area contributed by atoms with Crippen LogP contribution in [0.15, 0.2) is 21.9 Å². The summed E-state index contributed by atoms with van der Waals surface area (Å²) < 4.78 is 48.2. The number of carbonyl (C=O) groups excluding carboxylic acids is 1. The number of phosphoric ester groups is 2. The van der Waals surface area contributed by atoms with E-state index in [-0.39, 0.29) is 17.1 Å². The normalized spacial score (nSPS) is 35.2. The predicted molar refractivity (Wildman–Crippen MR) is 116 cm³/mol. The van der Waals surface area contributed by atoms with Crippen LogP contribution < -0.4 is 26.4 Å². The van der Waals surface area contributed by atoms with E-state index in [0.29, 0.717) is 4.57 Å². The van der Waals surface area contributed by atoms with Gasteiger partial charge in [-0.05, 0) is 0 Å². The van der Waals surface area contributed by atoms with Gasteiger partial charge in [0.2, 0.25) is 5.91 Å².